The molecule has 3 heterocycles. The van der Waals surface area contributed by atoms with Gasteiger partial charge in [-0.1, -0.05) is 23.5 Å². The Kier molecular flexibility index (Phi) is 5.27. The normalized spacial score (nSPS) is 23.0. The van der Waals surface area contributed by atoms with E-state index in [0.29, 0.717) is 22.0 Å². The van der Waals surface area contributed by atoms with Crippen molar-refractivity contribution in [1.82, 2.24) is 10.6 Å². The summed E-state index contributed by atoms with van der Waals surface area (Å²) in [5.74, 6) is -1.33. The zero-order valence-electron chi connectivity index (χ0n) is 14.8. The molecule has 2 fully saturated rings. The lowest BCUT2D eigenvalue weighted by Gasteiger charge is -2.20. The molecule has 3 N–H and O–H groups in total. The zero-order valence-corrected chi connectivity index (χ0v) is 15.6. The summed E-state index contributed by atoms with van der Waals surface area (Å²) in [5.41, 5.74) is 0.139. The first-order chi connectivity index (χ1) is 13.5. The van der Waals surface area contributed by atoms with Crippen LogP contribution in [-0.2, 0) is 4.79 Å². The van der Waals surface area contributed by atoms with E-state index in [1.54, 1.807) is 30.3 Å². The van der Waals surface area contributed by atoms with Crippen LogP contribution >= 0.6 is 11.3 Å². The third kappa shape index (κ3) is 4.00. The van der Waals surface area contributed by atoms with Gasteiger partial charge in [0, 0.05) is 18.1 Å². The van der Waals surface area contributed by atoms with E-state index < -0.39 is 12.3 Å². The lowest BCUT2D eigenvalue weighted by molar-refractivity contribution is -0.126. The molecule has 3 atom stereocenters. The SMILES string of the molecule is O=C(NC1CC2CCC1N2)c1ccc(Oc2ccccc2NC(=O)C(F)F)s1. The van der Waals surface area contributed by atoms with Crippen LogP contribution in [0.1, 0.15) is 28.9 Å². The number of halogens is 2. The number of amides is 2. The molecule has 2 saturated heterocycles. The van der Waals surface area contributed by atoms with E-state index in [2.05, 4.69) is 16.0 Å². The van der Waals surface area contributed by atoms with E-state index in [0.717, 1.165) is 30.6 Å². The van der Waals surface area contributed by atoms with Gasteiger partial charge in [0.15, 0.2) is 10.8 Å². The Labute approximate surface area is 164 Å². The second-order valence-electron chi connectivity index (χ2n) is 6.87. The van der Waals surface area contributed by atoms with Gasteiger partial charge in [-0.15, -0.1) is 0 Å². The highest BCUT2D eigenvalue weighted by molar-refractivity contribution is 7.15. The number of para-hydroxylation sites is 2. The maximum Gasteiger partial charge on any atom is 0.315 e. The summed E-state index contributed by atoms with van der Waals surface area (Å²) >= 11 is 1.16. The van der Waals surface area contributed by atoms with Crippen molar-refractivity contribution in [2.24, 2.45) is 0 Å². The number of nitrogens with one attached hydrogen (secondary N) is 3. The van der Waals surface area contributed by atoms with Crippen LogP contribution in [0.15, 0.2) is 36.4 Å². The van der Waals surface area contributed by atoms with Crippen molar-refractivity contribution >= 4 is 28.8 Å². The van der Waals surface area contributed by atoms with E-state index in [1.807, 2.05) is 0 Å². The molecule has 2 aliphatic rings. The number of carbonyl (C=O) groups is 2. The summed E-state index contributed by atoms with van der Waals surface area (Å²) in [7, 11) is 0. The highest BCUT2D eigenvalue weighted by Crippen LogP contribution is 2.34. The molecule has 2 aliphatic heterocycles. The molecule has 1 aromatic heterocycles. The van der Waals surface area contributed by atoms with Crippen LogP contribution < -0.4 is 20.7 Å². The molecular formula is C19H19F2N3O3S. The van der Waals surface area contributed by atoms with Crippen molar-refractivity contribution in [3.63, 3.8) is 0 Å². The van der Waals surface area contributed by atoms with E-state index in [9.17, 15) is 18.4 Å². The number of ether oxygens (including phenoxy) is 1. The highest BCUT2D eigenvalue weighted by atomic mass is 32.1. The number of hydrogen-bond acceptors (Lipinski definition) is 5. The fourth-order valence-electron chi connectivity index (χ4n) is 3.67. The van der Waals surface area contributed by atoms with Crippen molar-refractivity contribution in [2.45, 2.75) is 43.8 Å². The topological polar surface area (TPSA) is 79.5 Å². The summed E-state index contributed by atoms with van der Waals surface area (Å²) in [6.45, 7) is 0. The molecule has 9 heteroatoms. The predicted octanol–water partition coefficient (Wildman–Crippen LogP) is 3.37. The van der Waals surface area contributed by atoms with Gasteiger partial charge in [0.05, 0.1) is 10.6 Å². The van der Waals surface area contributed by atoms with Gasteiger partial charge in [0.1, 0.15) is 0 Å². The van der Waals surface area contributed by atoms with Crippen LogP contribution in [0, 0.1) is 0 Å². The minimum atomic E-state index is -3.12. The molecule has 2 aromatic rings. The summed E-state index contributed by atoms with van der Waals surface area (Å²) in [4.78, 5) is 24.3. The summed E-state index contributed by atoms with van der Waals surface area (Å²) < 4.78 is 30.7. The molecular weight excluding hydrogens is 388 g/mol. The first kappa shape index (κ1) is 18.8. The van der Waals surface area contributed by atoms with Crippen LogP contribution in [0.25, 0.3) is 0 Å². The van der Waals surface area contributed by atoms with Crippen molar-refractivity contribution in [3.8, 4) is 10.8 Å². The Morgan fingerprint density at radius 3 is 2.71 bits per heavy atom. The third-order valence-corrected chi connectivity index (χ3v) is 5.94. The van der Waals surface area contributed by atoms with Crippen LogP contribution in [0.2, 0.25) is 0 Å². The number of fused-ring (bicyclic) bond motifs is 2. The number of carbonyl (C=O) groups excluding carboxylic acids is 2. The molecule has 0 saturated carbocycles. The third-order valence-electron chi connectivity index (χ3n) is 4.98. The van der Waals surface area contributed by atoms with Crippen molar-refractivity contribution in [2.75, 3.05) is 5.32 Å². The first-order valence-electron chi connectivity index (χ1n) is 9.02. The molecule has 0 spiro atoms. The molecule has 4 rings (SSSR count). The second-order valence-corrected chi connectivity index (χ2v) is 7.92. The van der Waals surface area contributed by atoms with E-state index in [1.165, 1.54) is 6.07 Å². The van der Waals surface area contributed by atoms with E-state index >= 15 is 0 Å². The Bertz CT molecular complexity index is 889. The Morgan fingerprint density at radius 1 is 1.18 bits per heavy atom. The summed E-state index contributed by atoms with van der Waals surface area (Å²) in [6.07, 6.45) is 0.0679. The van der Waals surface area contributed by atoms with Gasteiger partial charge in [0.2, 0.25) is 0 Å². The number of thiophene rings is 1. The van der Waals surface area contributed by atoms with Crippen LogP contribution in [0.5, 0.6) is 10.8 Å². The summed E-state index contributed by atoms with van der Waals surface area (Å²) in [6, 6.07) is 10.6. The van der Waals surface area contributed by atoms with Gasteiger partial charge in [0.25, 0.3) is 11.8 Å². The molecule has 1 aromatic carbocycles. The number of hydrogen-bond donors (Lipinski definition) is 3. The van der Waals surface area contributed by atoms with Crippen LogP contribution in [0.3, 0.4) is 0 Å². The zero-order chi connectivity index (χ0) is 19.7. The molecule has 3 unspecified atom stereocenters. The Hall–Kier alpha value is -2.52. The van der Waals surface area contributed by atoms with Gasteiger partial charge in [-0.25, -0.2) is 0 Å². The highest BCUT2D eigenvalue weighted by Gasteiger charge is 2.39. The standard InChI is InChI=1S/C19H19F2N3O3S/c20-17(21)19(26)23-12-3-1-2-4-14(12)27-16-8-7-15(28-16)18(25)24-13-9-10-5-6-11(13)22-10/h1-4,7-8,10-11,13,17,22H,5-6,9H2,(H,23,26)(H,24,25). The van der Waals surface area contributed by atoms with Crippen molar-refractivity contribution in [3.05, 3.63) is 41.3 Å². The lowest BCUT2D eigenvalue weighted by atomic mass is 9.95. The fourth-order valence-corrected chi connectivity index (χ4v) is 4.45. The Morgan fingerprint density at radius 2 is 2.00 bits per heavy atom. The van der Waals surface area contributed by atoms with Gasteiger partial charge < -0.3 is 20.7 Å². The predicted molar refractivity (Wildman–Crippen MR) is 101 cm³/mol. The second kappa shape index (κ2) is 7.84. The quantitative estimate of drug-likeness (QED) is 0.686. The van der Waals surface area contributed by atoms with Crippen LogP contribution in [-0.4, -0.2) is 36.4 Å². The first-order valence-corrected chi connectivity index (χ1v) is 9.84. The van der Waals surface area contributed by atoms with Crippen molar-refractivity contribution in [1.29, 1.82) is 0 Å². The number of anilines is 1. The summed E-state index contributed by atoms with van der Waals surface area (Å²) in [5, 5.41) is 9.10. The molecule has 2 amide bonds. The Balaban J connectivity index is 1.41. The van der Waals surface area contributed by atoms with Gasteiger partial charge in [-0.3, -0.25) is 9.59 Å². The fraction of sp³-hybridized carbons (Fsp3) is 0.368. The van der Waals surface area contributed by atoms with Crippen LogP contribution in [0.4, 0.5) is 14.5 Å². The molecule has 0 radical (unpaired) electrons. The molecule has 0 aliphatic carbocycles. The smallest absolute Gasteiger partial charge is 0.315 e. The molecule has 6 nitrogen and oxygen atoms in total. The lowest BCUT2D eigenvalue weighted by Crippen LogP contribution is -2.42. The van der Waals surface area contributed by atoms with Gasteiger partial charge in [-0.05, 0) is 43.5 Å². The van der Waals surface area contributed by atoms with Gasteiger partial charge in [-0.2, -0.15) is 8.78 Å². The minimum Gasteiger partial charge on any atom is -0.444 e. The molecule has 148 valence electrons. The number of benzene rings is 1. The van der Waals surface area contributed by atoms with Crippen molar-refractivity contribution < 1.29 is 23.1 Å². The van der Waals surface area contributed by atoms with E-state index in [4.69, 9.17) is 4.74 Å². The number of alkyl halides is 2. The molecule has 2 bridgehead atoms. The average Bonchev–Trinajstić information content (AvgIpc) is 3.40. The average molecular weight is 407 g/mol. The molecule has 28 heavy (non-hydrogen) atoms. The number of rotatable bonds is 6. The maximum absolute atomic E-state index is 12.5. The minimum absolute atomic E-state index is 0.139. The van der Waals surface area contributed by atoms with Gasteiger partial charge >= 0.3 is 6.43 Å². The largest absolute Gasteiger partial charge is 0.444 e. The monoisotopic (exact) mass is 407 g/mol. The van der Waals surface area contributed by atoms with E-state index in [-0.39, 0.29) is 23.4 Å². The maximum atomic E-state index is 12.5.